The fourth-order valence-corrected chi connectivity index (χ4v) is 3.21. The second-order valence-corrected chi connectivity index (χ2v) is 6.22. The minimum atomic E-state index is 0.139. The fraction of sp³-hybridized carbons (Fsp3) is 0.643. The van der Waals surface area contributed by atoms with Crippen molar-refractivity contribution in [3.63, 3.8) is 0 Å². The molecule has 4 nitrogen and oxygen atoms in total. The Balaban J connectivity index is 2.27. The summed E-state index contributed by atoms with van der Waals surface area (Å²) in [5.41, 5.74) is 0.786. The van der Waals surface area contributed by atoms with Gasteiger partial charge in [-0.1, -0.05) is 6.92 Å². The molecule has 19 heavy (non-hydrogen) atoms. The third kappa shape index (κ3) is 3.03. The molecule has 1 fully saturated rings. The van der Waals surface area contributed by atoms with E-state index in [1.807, 2.05) is 21.7 Å². The smallest absolute Gasteiger partial charge is 0.271 e. The molecule has 0 radical (unpaired) electrons. The molecule has 1 aromatic heterocycles. The fourth-order valence-electron chi connectivity index (χ4n) is 2.74. The maximum Gasteiger partial charge on any atom is 0.271 e. The number of nitrogens with one attached hydrogen (secondary N) is 1. The maximum atomic E-state index is 12.8. The van der Waals surface area contributed by atoms with Crippen LogP contribution in [0.2, 0.25) is 0 Å². The van der Waals surface area contributed by atoms with Gasteiger partial charge in [0, 0.05) is 42.4 Å². The number of hydrogen-bond acceptors (Lipinski definition) is 2. The number of carbonyl (C=O) groups excluding carboxylic acids is 1. The molecular formula is C14H22BrN3O. The quantitative estimate of drug-likeness (QED) is 0.926. The molecule has 2 unspecified atom stereocenters. The summed E-state index contributed by atoms with van der Waals surface area (Å²) in [5.74, 6) is 0.139. The molecule has 0 aliphatic carbocycles. The van der Waals surface area contributed by atoms with Crippen molar-refractivity contribution in [2.75, 3.05) is 13.1 Å². The summed E-state index contributed by atoms with van der Waals surface area (Å²) in [4.78, 5) is 14.8. The Morgan fingerprint density at radius 3 is 2.63 bits per heavy atom. The summed E-state index contributed by atoms with van der Waals surface area (Å²) in [6.45, 7) is 8.93. The van der Waals surface area contributed by atoms with Gasteiger partial charge in [-0.25, -0.2) is 0 Å². The molecule has 1 aliphatic heterocycles. The number of carbonyl (C=O) groups is 1. The van der Waals surface area contributed by atoms with Crippen molar-refractivity contribution >= 4 is 21.8 Å². The standard InChI is InChI=1S/C14H22BrN3O/c1-4-5-17-9-12(15)6-13(17)14(19)18-10(2)7-16-8-11(18)3/h6,9-11,16H,4-5,7-8H2,1-3H3. The highest BCUT2D eigenvalue weighted by Crippen LogP contribution is 2.20. The van der Waals surface area contributed by atoms with Crippen LogP contribution in [0.1, 0.15) is 37.7 Å². The number of aromatic nitrogens is 1. The van der Waals surface area contributed by atoms with Gasteiger partial charge in [-0.15, -0.1) is 0 Å². The highest BCUT2D eigenvalue weighted by molar-refractivity contribution is 9.10. The summed E-state index contributed by atoms with van der Waals surface area (Å²) >= 11 is 3.47. The normalized spacial score (nSPS) is 23.7. The lowest BCUT2D eigenvalue weighted by atomic mass is 10.1. The van der Waals surface area contributed by atoms with E-state index in [2.05, 4.69) is 42.0 Å². The Kier molecular flexibility index (Phi) is 4.68. The predicted molar refractivity (Wildman–Crippen MR) is 80.4 cm³/mol. The van der Waals surface area contributed by atoms with Gasteiger partial charge in [0.05, 0.1) is 0 Å². The van der Waals surface area contributed by atoms with Crippen molar-refractivity contribution in [2.24, 2.45) is 0 Å². The predicted octanol–water partition coefficient (Wildman–Crippen LogP) is 2.48. The first-order valence-corrected chi connectivity index (χ1v) is 7.73. The SMILES string of the molecule is CCCn1cc(Br)cc1C(=O)N1C(C)CNCC1C. The molecule has 1 N–H and O–H groups in total. The van der Waals surface area contributed by atoms with E-state index in [0.717, 1.165) is 36.2 Å². The summed E-state index contributed by atoms with van der Waals surface area (Å²) < 4.78 is 3.02. The molecular weight excluding hydrogens is 306 g/mol. The summed E-state index contributed by atoms with van der Waals surface area (Å²) in [5, 5.41) is 3.36. The number of piperazine rings is 1. The highest BCUT2D eigenvalue weighted by Gasteiger charge is 2.31. The van der Waals surface area contributed by atoms with Gasteiger partial charge < -0.3 is 14.8 Å². The molecule has 1 aromatic rings. The van der Waals surface area contributed by atoms with Gasteiger partial charge >= 0.3 is 0 Å². The average Bonchev–Trinajstić information content (AvgIpc) is 2.70. The summed E-state index contributed by atoms with van der Waals surface area (Å²) in [6, 6.07) is 2.40. The molecule has 1 amide bonds. The number of aryl methyl sites for hydroxylation is 1. The van der Waals surface area contributed by atoms with E-state index in [1.165, 1.54) is 0 Å². The van der Waals surface area contributed by atoms with Crippen LogP contribution in [0.5, 0.6) is 0 Å². The minimum Gasteiger partial charge on any atom is -0.342 e. The Hall–Kier alpha value is -0.810. The highest BCUT2D eigenvalue weighted by atomic mass is 79.9. The molecule has 1 saturated heterocycles. The molecule has 1 aliphatic rings. The average molecular weight is 328 g/mol. The van der Waals surface area contributed by atoms with Crippen molar-refractivity contribution in [1.82, 2.24) is 14.8 Å². The van der Waals surface area contributed by atoms with Crippen molar-refractivity contribution < 1.29 is 4.79 Å². The van der Waals surface area contributed by atoms with Gasteiger partial charge in [-0.3, -0.25) is 4.79 Å². The van der Waals surface area contributed by atoms with E-state index in [4.69, 9.17) is 0 Å². The van der Waals surface area contributed by atoms with Crippen LogP contribution in [-0.4, -0.2) is 40.5 Å². The number of rotatable bonds is 3. The number of halogens is 1. The molecule has 0 aromatic carbocycles. The number of nitrogens with zero attached hydrogens (tertiary/aromatic N) is 2. The van der Waals surface area contributed by atoms with Crippen LogP contribution in [0.4, 0.5) is 0 Å². The maximum absolute atomic E-state index is 12.8. The van der Waals surface area contributed by atoms with Gasteiger partial charge in [0.25, 0.3) is 5.91 Å². The topological polar surface area (TPSA) is 37.3 Å². The molecule has 106 valence electrons. The molecule has 2 rings (SSSR count). The van der Waals surface area contributed by atoms with Crippen LogP contribution in [0.3, 0.4) is 0 Å². The Morgan fingerprint density at radius 1 is 1.42 bits per heavy atom. The third-order valence-electron chi connectivity index (χ3n) is 3.61. The zero-order chi connectivity index (χ0) is 14.0. The van der Waals surface area contributed by atoms with Crippen LogP contribution in [0.25, 0.3) is 0 Å². The van der Waals surface area contributed by atoms with Crippen LogP contribution in [-0.2, 0) is 6.54 Å². The van der Waals surface area contributed by atoms with Crippen molar-refractivity contribution in [3.8, 4) is 0 Å². The van der Waals surface area contributed by atoms with E-state index in [0.29, 0.717) is 0 Å². The summed E-state index contributed by atoms with van der Waals surface area (Å²) in [7, 11) is 0. The Morgan fingerprint density at radius 2 is 2.05 bits per heavy atom. The van der Waals surface area contributed by atoms with Crippen molar-refractivity contribution in [2.45, 2.75) is 45.8 Å². The molecule has 5 heteroatoms. The lowest BCUT2D eigenvalue weighted by Gasteiger charge is -2.39. The van der Waals surface area contributed by atoms with Gasteiger partial charge in [0.2, 0.25) is 0 Å². The first-order chi connectivity index (χ1) is 9.04. The van der Waals surface area contributed by atoms with E-state index in [1.54, 1.807) is 0 Å². The lowest BCUT2D eigenvalue weighted by molar-refractivity contribution is 0.0533. The number of hydrogen-bond donors (Lipinski definition) is 1. The van der Waals surface area contributed by atoms with Gasteiger partial charge in [0.1, 0.15) is 5.69 Å². The van der Waals surface area contributed by atoms with Crippen LogP contribution < -0.4 is 5.32 Å². The zero-order valence-electron chi connectivity index (χ0n) is 11.8. The van der Waals surface area contributed by atoms with Crippen molar-refractivity contribution in [3.05, 3.63) is 22.4 Å². The first kappa shape index (κ1) is 14.6. The second-order valence-electron chi connectivity index (χ2n) is 5.31. The van der Waals surface area contributed by atoms with E-state index in [-0.39, 0.29) is 18.0 Å². The third-order valence-corrected chi connectivity index (χ3v) is 4.04. The largest absolute Gasteiger partial charge is 0.342 e. The van der Waals surface area contributed by atoms with Crippen LogP contribution >= 0.6 is 15.9 Å². The molecule has 0 saturated carbocycles. The van der Waals surface area contributed by atoms with Crippen molar-refractivity contribution in [1.29, 1.82) is 0 Å². The monoisotopic (exact) mass is 327 g/mol. The van der Waals surface area contributed by atoms with Crippen LogP contribution in [0.15, 0.2) is 16.7 Å². The molecule has 2 atom stereocenters. The molecule has 2 heterocycles. The van der Waals surface area contributed by atoms with Gasteiger partial charge in [0.15, 0.2) is 0 Å². The minimum absolute atomic E-state index is 0.139. The lowest BCUT2D eigenvalue weighted by Crippen LogP contribution is -2.57. The van der Waals surface area contributed by atoms with E-state index >= 15 is 0 Å². The van der Waals surface area contributed by atoms with E-state index < -0.39 is 0 Å². The zero-order valence-corrected chi connectivity index (χ0v) is 13.4. The second kappa shape index (κ2) is 6.09. The molecule has 0 spiro atoms. The van der Waals surface area contributed by atoms with Gasteiger partial charge in [-0.2, -0.15) is 0 Å². The summed E-state index contributed by atoms with van der Waals surface area (Å²) in [6.07, 6.45) is 3.02. The van der Waals surface area contributed by atoms with Gasteiger partial charge in [-0.05, 0) is 42.3 Å². The van der Waals surface area contributed by atoms with Crippen LogP contribution in [0, 0.1) is 0 Å². The Bertz CT molecular complexity index is 448. The first-order valence-electron chi connectivity index (χ1n) is 6.93. The Labute approximate surface area is 123 Å². The molecule has 0 bridgehead atoms. The van der Waals surface area contributed by atoms with E-state index in [9.17, 15) is 4.79 Å². The number of amides is 1.